The van der Waals surface area contributed by atoms with E-state index < -0.39 is 0 Å². The van der Waals surface area contributed by atoms with Gasteiger partial charge in [0.1, 0.15) is 0 Å². The van der Waals surface area contributed by atoms with Crippen LogP contribution in [-0.2, 0) is 6.54 Å². The molecule has 96 valence electrons. The summed E-state index contributed by atoms with van der Waals surface area (Å²) in [6.45, 7) is 6.52. The van der Waals surface area contributed by atoms with Crippen LogP contribution >= 0.6 is 11.8 Å². The summed E-state index contributed by atoms with van der Waals surface area (Å²) in [6, 6.07) is 8.50. The van der Waals surface area contributed by atoms with Gasteiger partial charge in [0.15, 0.2) is 0 Å². The van der Waals surface area contributed by atoms with Crippen molar-refractivity contribution in [2.24, 2.45) is 5.92 Å². The van der Waals surface area contributed by atoms with Gasteiger partial charge in [-0.3, -0.25) is 0 Å². The zero-order valence-corrected chi connectivity index (χ0v) is 11.6. The highest BCUT2D eigenvalue weighted by atomic mass is 32.2. The Morgan fingerprint density at radius 3 is 2.82 bits per heavy atom. The molecule has 0 bridgehead atoms. The standard InChI is InChI=1S/C14H23NOS/c1-3-8-15-9-13-6-4-5-7-14(13)17-11-12(2)10-16/h4-7,12,15-16H,3,8-11H2,1-2H3. The Balaban J connectivity index is 2.51. The van der Waals surface area contributed by atoms with Gasteiger partial charge in [-0.2, -0.15) is 0 Å². The van der Waals surface area contributed by atoms with E-state index >= 15 is 0 Å². The normalized spacial score (nSPS) is 12.6. The topological polar surface area (TPSA) is 32.3 Å². The Morgan fingerprint density at radius 1 is 1.35 bits per heavy atom. The molecular formula is C14H23NOS. The molecule has 1 atom stereocenters. The Labute approximate surface area is 109 Å². The summed E-state index contributed by atoms with van der Waals surface area (Å²) in [5, 5.41) is 12.5. The van der Waals surface area contributed by atoms with E-state index in [1.807, 2.05) is 11.8 Å². The molecule has 1 unspecified atom stereocenters. The van der Waals surface area contributed by atoms with Crippen molar-refractivity contribution < 1.29 is 5.11 Å². The van der Waals surface area contributed by atoms with Crippen LogP contribution in [0.5, 0.6) is 0 Å². The summed E-state index contributed by atoms with van der Waals surface area (Å²) in [5.41, 5.74) is 1.36. The summed E-state index contributed by atoms with van der Waals surface area (Å²) in [5.74, 6) is 1.33. The lowest BCUT2D eigenvalue weighted by Crippen LogP contribution is -2.14. The molecule has 2 N–H and O–H groups in total. The molecule has 0 aliphatic rings. The van der Waals surface area contributed by atoms with Gasteiger partial charge in [-0.05, 0) is 30.5 Å². The Bertz CT molecular complexity index is 317. The van der Waals surface area contributed by atoms with E-state index in [0.717, 1.165) is 25.3 Å². The average molecular weight is 253 g/mol. The second-order valence-corrected chi connectivity index (χ2v) is 5.45. The number of rotatable bonds is 8. The number of aliphatic hydroxyl groups excluding tert-OH is 1. The smallest absolute Gasteiger partial charge is 0.0464 e. The third kappa shape index (κ3) is 5.57. The third-order valence-corrected chi connectivity index (χ3v) is 3.99. The van der Waals surface area contributed by atoms with E-state index in [2.05, 4.69) is 43.4 Å². The monoisotopic (exact) mass is 253 g/mol. The highest BCUT2D eigenvalue weighted by Crippen LogP contribution is 2.24. The van der Waals surface area contributed by atoms with Crippen molar-refractivity contribution in [1.82, 2.24) is 5.32 Å². The van der Waals surface area contributed by atoms with Crippen LogP contribution in [0.15, 0.2) is 29.2 Å². The molecule has 0 aliphatic carbocycles. The summed E-state index contributed by atoms with van der Waals surface area (Å²) in [7, 11) is 0. The molecule has 1 aromatic rings. The molecule has 0 radical (unpaired) electrons. The van der Waals surface area contributed by atoms with Crippen LogP contribution in [0.3, 0.4) is 0 Å². The molecule has 0 aliphatic heterocycles. The number of thioether (sulfide) groups is 1. The van der Waals surface area contributed by atoms with Crippen LogP contribution in [0.25, 0.3) is 0 Å². The maximum atomic E-state index is 9.03. The van der Waals surface area contributed by atoms with Crippen molar-refractivity contribution in [3.63, 3.8) is 0 Å². The molecule has 0 spiro atoms. The van der Waals surface area contributed by atoms with Crippen LogP contribution in [0.4, 0.5) is 0 Å². The fourth-order valence-corrected chi connectivity index (χ4v) is 2.55. The van der Waals surface area contributed by atoms with Crippen molar-refractivity contribution in [2.75, 3.05) is 18.9 Å². The number of hydrogen-bond donors (Lipinski definition) is 2. The van der Waals surface area contributed by atoms with Gasteiger partial charge >= 0.3 is 0 Å². The largest absolute Gasteiger partial charge is 0.396 e. The van der Waals surface area contributed by atoms with Gasteiger partial charge in [-0.25, -0.2) is 0 Å². The van der Waals surface area contributed by atoms with E-state index in [4.69, 9.17) is 5.11 Å². The van der Waals surface area contributed by atoms with Crippen LogP contribution < -0.4 is 5.32 Å². The maximum absolute atomic E-state index is 9.03. The summed E-state index contributed by atoms with van der Waals surface area (Å²) in [6.07, 6.45) is 1.16. The van der Waals surface area contributed by atoms with Gasteiger partial charge in [0, 0.05) is 23.8 Å². The molecule has 0 saturated carbocycles. The van der Waals surface area contributed by atoms with Crippen LogP contribution in [-0.4, -0.2) is 24.0 Å². The van der Waals surface area contributed by atoms with E-state index in [1.165, 1.54) is 10.5 Å². The van der Waals surface area contributed by atoms with Gasteiger partial charge in [0.2, 0.25) is 0 Å². The first-order valence-electron chi connectivity index (χ1n) is 6.30. The maximum Gasteiger partial charge on any atom is 0.0464 e. The summed E-state index contributed by atoms with van der Waals surface area (Å²) < 4.78 is 0. The van der Waals surface area contributed by atoms with E-state index in [1.54, 1.807) is 0 Å². The molecule has 3 heteroatoms. The predicted octanol–water partition coefficient (Wildman–Crippen LogP) is 2.91. The van der Waals surface area contributed by atoms with Crippen molar-refractivity contribution in [1.29, 1.82) is 0 Å². The minimum atomic E-state index is 0.267. The zero-order valence-electron chi connectivity index (χ0n) is 10.8. The average Bonchev–Trinajstić information content (AvgIpc) is 2.37. The van der Waals surface area contributed by atoms with Gasteiger partial charge in [-0.15, -0.1) is 11.8 Å². The van der Waals surface area contributed by atoms with Crippen LogP contribution in [0, 0.1) is 5.92 Å². The van der Waals surface area contributed by atoms with Crippen LogP contribution in [0.2, 0.25) is 0 Å². The minimum absolute atomic E-state index is 0.267. The summed E-state index contributed by atoms with van der Waals surface area (Å²) in [4.78, 5) is 1.33. The lowest BCUT2D eigenvalue weighted by Gasteiger charge is -2.12. The fraction of sp³-hybridized carbons (Fsp3) is 0.571. The van der Waals surface area contributed by atoms with Gasteiger partial charge in [-0.1, -0.05) is 32.0 Å². The molecule has 0 saturated heterocycles. The fourth-order valence-electron chi connectivity index (χ4n) is 1.48. The van der Waals surface area contributed by atoms with Crippen molar-refractivity contribution in [3.05, 3.63) is 29.8 Å². The quantitative estimate of drug-likeness (QED) is 0.552. The Kier molecular flexibility index (Phi) is 7.33. The second-order valence-electron chi connectivity index (χ2n) is 4.38. The van der Waals surface area contributed by atoms with Gasteiger partial charge < -0.3 is 10.4 Å². The Hall–Kier alpha value is -0.510. The highest BCUT2D eigenvalue weighted by molar-refractivity contribution is 7.99. The molecular weight excluding hydrogens is 230 g/mol. The second kappa shape index (κ2) is 8.56. The third-order valence-electron chi connectivity index (χ3n) is 2.55. The number of nitrogens with one attached hydrogen (secondary N) is 1. The Morgan fingerprint density at radius 2 is 2.12 bits per heavy atom. The number of hydrogen-bond acceptors (Lipinski definition) is 3. The number of aliphatic hydroxyl groups is 1. The molecule has 1 rings (SSSR count). The van der Waals surface area contributed by atoms with Crippen molar-refractivity contribution in [3.8, 4) is 0 Å². The summed E-state index contributed by atoms with van der Waals surface area (Å²) >= 11 is 1.84. The van der Waals surface area contributed by atoms with Crippen LogP contribution in [0.1, 0.15) is 25.8 Å². The highest BCUT2D eigenvalue weighted by Gasteiger charge is 2.05. The van der Waals surface area contributed by atoms with E-state index in [9.17, 15) is 0 Å². The number of benzene rings is 1. The van der Waals surface area contributed by atoms with Gasteiger partial charge in [0.25, 0.3) is 0 Å². The lowest BCUT2D eigenvalue weighted by atomic mass is 10.2. The van der Waals surface area contributed by atoms with E-state index in [0.29, 0.717) is 5.92 Å². The zero-order chi connectivity index (χ0) is 12.5. The molecule has 0 fully saturated rings. The first-order chi connectivity index (χ1) is 8.27. The molecule has 0 amide bonds. The van der Waals surface area contributed by atoms with Crippen molar-refractivity contribution >= 4 is 11.8 Å². The molecule has 17 heavy (non-hydrogen) atoms. The molecule has 0 aromatic heterocycles. The SMILES string of the molecule is CCCNCc1ccccc1SCC(C)CO. The lowest BCUT2D eigenvalue weighted by molar-refractivity contribution is 0.250. The predicted molar refractivity (Wildman–Crippen MR) is 75.4 cm³/mol. The molecule has 0 heterocycles. The molecule has 2 nitrogen and oxygen atoms in total. The minimum Gasteiger partial charge on any atom is -0.396 e. The first kappa shape index (κ1) is 14.6. The van der Waals surface area contributed by atoms with Crippen molar-refractivity contribution in [2.45, 2.75) is 31.7 Å². The van der Waals surface area contributed by atoms with Gasteiger partial charge in [0.05, 0.1) is 0 Å². The first-order valence-corrected chi connectivity index (χ1v) is 7.28. The van der Waals surface area contributed by atoms with E-state index in [-0.39, 0.29) is 6.61 Å². The molecule has 1 aromatic carbocycles.